The van der Waals surface area contributed by atoms with Gasteiger partial charge in [-0.3, -0.25) is 9.36 Å². The molecule has 32 heavy (non-hydrogen) atoms. The van der Waals surface area contributed by atoms with Crippen molar-refractivity contribution in [2.45, 2.75) is 43.9 Å². The maximum absolute atomic E-state index is 13.2. The van der Waals surface area contributed by atoms with E-state index in [-0.39, 0.29) is 11.9 Å². The van der Waals surface area contributed by atoms with Crippen LogP contribution < -0.4 is 9.47 Å². The van der Waals surface area contributed by atoms with E-state index in [0.29, 0.717) is 37.1 Å². The highest BCUT2D eigenvalue weighted by atomic mass is 32.2. The van der Waals surface area contributed by atoms with Crippen molar-refractivity contribution in [3.05, 3.63) is 42.2 Å². The number of ether oxygens (including phenoxy) is 2. The van der Waals surface area contributed by atoms with E-state index in [1.54, 1.807) is 6.26 Å². The van der Waals surface area contributed by atoms with Gasteiger partial charge in [0.15, 0.2) is 28.2 Å². The Bertz CT molecular complexity index is 1080. The van der Waals surface area contributed by atoms with E-state index in [1.165, 1.54) is 11.8 Å². The summed E-state index contributed by atoms with van der Waals surface area (Å²) in [5, 5.41) is 9.28. The first-order valence-electron chi connectivity index (χ1n) is 11.0. The number of amides is 1. The summed E-state index contributed by atoms with van der Waals surface area (Å²) in [5.74, 6) is 3.33. The van der Waals surface area contributed by atoms with Gasteiger partial charge >= 0.3 is 0 Å². The Morgan fingerprint density at radius 1 is 1.16 bits per heavy atom. The molecule has 3 aromatic rings. The third kappa shape index (κ3) is 4.09. The lowest BCUT2D eigenvalue weighted by Crippen LogP contribution is -2.32. The van der Waals surface area contributed by atoms with E-state index in [4.69, 9.17) is 13.9 Å². The summed E-state index contributed by atoms with van der Waals surface area (Å²) in [6, 6.07) is 9.80. The van der Waals surface area contributed by atoms with E-state index in [2.05, 4.69) is 16.3 Å². The Hall–Kier alpha value is -2.94. The number of furan rings is 1. The third-order valence-electron chi connectivity index (χ3n) is 5.83. The first-order chi connectivity index (χ1) is 15.7. The standard InChI is InChI=1S/C23H26N4O4S/c1-2-26-22(19-7-4-11-30-19)24-25-23(26)32-15-21(28)27-10-3-6-17(27)16-8-9-18-20(14-16)31-13-5-12-29-18/h4,7-9,11,14,17H,2-3,5-6,10,12-13,15H2,1H3. The summed E-state index contributed by atoms with van der Waals surface area (Å²) < 4.78 is 19.0. The largest absolute Gasteiger partial charge is 0.490 e. The average Bonchev–Trinajstić information content (AvgIpc) is 3.55. The Balaban J connectivity index is 1.28. The van der Waals surface area contributed by atoms with Gasteiger partial charge in [0.05, 0.1) is 31.3 Å². The zero-order valence-electron chi connectivity index (χ0n) is 18.0. The van der Waals surface area contributed by atoms with Crippen molar-refractivity contribution in [1.29, 1.82) is 0 Å². The van der Waals surface area contributed by atoms with Crippen LogP contribution in [0.25, 0.3) is 11.6 Å². The van der Waals surface area contributed by atoms with Crippen LogP contribution in [0.3, 0.4) is 0 Å². The molecule has 1 amide bonds. The molecule has 168 valence electrons. The highest BCUT2D eigenvalue weighted by molar-refractivity contribution is 7.99. The van der Waals surface area contributed by atoms with Gasteiger partial charge in [0.25, 0.3) is 0 Å². The van der Waals surface area contributed by atoms with E-state index in [1.807, 2.05) is 40.7 Å². The molecule has 2 aliphatic rings. The highest BCUT2D eigenvalue weighted by Crippen LogP contribution is 2.38. The number of likely N-dealkylation sites (tertiary alicyclic amines) is 1. The predicted molar refractivity (Wildman–Crippen MR) is 120 cm³/mol. The molecule has 0 aliphatic carbocycles. The molecule has 0 bridgehead atoms. The van der Waals surface area contributed by atoms with Crippen LogP contribution in [0.5, 0.6) is 11.5 Å². The van der Waals surface area contributed by atoms with Crippen molar-refractivity contribution in [2.24, 2.45) is 0 Å². The van der Waals surface area contributed by atoms with Gasteiger partial charge in [0.1, 0.15) is 0 Å². The third-order valence-corrected chi connectivity index (χ3v) is 6.78. The molecule has 0 N–H and O–H groups in total. The number of rotatable bonds is 6. The first kappa shape index (κ1) is 20.9. The van der Waals surface area contributed by atoms with E-state index in [9.17, 15) is 4.79 Å². The fourth-order valence-electron chi connectivity index (χ4n) is 4.28. The molecule has 1 saturated heterocycles. The second kappa shape index (κ2) is 9.28. The van der Waals surface area contributed by atoms with Crippen LogP contribution in [0.2, 0.25) is 0 Å². The zero-order chi connectivity index (χ0) is 21.9. The molecule has 1 aromatic carbocycles. The average molecular weight is 455 g/mol. The molecule has 5 rings (SSSR count). The molecule has 4 heterocycles. The molecule has 0 radical (unpaired) electrons. The van der Waals surface area contributed by atoms with Crippen LogP contribution in [0.1, 0.15) is 37.8 Å². The number of aromatic nitrogens is 3. The zero-order valence-corrected chi connectivity index (χ0v) is 18.8. The van der Waals surface area contributed by atoms with Crippen molar-refractivity contribution in [3.8, 4) is 23.1 Å². The van der Waals surface area contributed by atoms with Gasteiger partial charge in [-0.2, -0.15) is 0 Å². The molecule has 1 atom stereocenters. The number of carbonyl (C=O) groups excluding carboxylic acids is 1. The summed E-state index contributed by atoms with van der Waals surface area (Å²) in [7, 11) is 0. The quantitative estimate of drug-likeness (QED) is 0.517. The summed E-state index contributed by atoms with van der Waals surface area (Å²) >= 11 is 1.42. The Labute approximate surface area is 190 Å². The topological polar surface area (TPSA) is 82.6 Å². The lowest BCUT2D eigenvalue weighted by Gasteiger charge is -2.25. The summed E-state index contributed by atoms with van der Waals surface area (Å²) in [4.78, 5) is 15.1. The van der Waals surface area contributed by atoms with Crippen molar-refractivity contribution in [1.82, 2.24) is 19.7 Å². The minimum atomic E-state index is 0.0583. The van der Waals surface area contributed by atoms with Crippen LogP contribution in [0.15, 0.2) is 46.2 Å². The lowest BCUT2D eigenvalue weighted by atomic mass is 10.0. The van der Waals surface area contributed by atoms with Crippen molar-refractivity contribution in [3.63, 3.8) is 0 Å². The molecule has 0 saturated carbocycles. The molecular weight excluding hydrogens is 428 g/mol. The summed E-state index contributed by atoms with van der Waals surface area (Å²) in [6.45, 7) is 4.81. The Morgan fingerprint density at radius 2 is 2.03 bits per heavy atom. The Kier molecular flexibility index (Phi) is 6.07. The predicted octanol–water partition coefficient (Wildman–Crippen LogP) is 4.18. The summed E-state index contributed by atoms with van der Waals surface area (Å²) in [6.07, 6.45) is 4.43. The number of benzene rings is 1. The molecular formula is C23H26N4O4S. The van der Waals surface area contributed by atoms with Gasteiger partial charge in [-0.1, -0.05) is 17.8 Å². The minimum Gasteiger partial charge on any atom is -0.490 e. The molecule has 0 spiro atoms. The van der Waals surface area contributed by atoms with E-state index in [0.717, 1.165) is 48.0 Å². The van der Waals surface area contributed by atoms with Crippen LogP contribution in [0.4, 0.5) is 0 Å². The number of fused-ring (bicyclic) bond motifs is 1. The van der Waals surface area contributed by atoms with Gasteiger partial charge in [-0.05, 0) is 49.6 Å². The minimum absolute atomic E-state index is 0.0583. The van der Waals surface area contributed by atoms with Gasteiger partial charge in [0.2, 0.25) is 5.91 Å². The maximum Gasteiger partial charge on any atom is 0.233 e. The lowest BCUT2D eigenvalue weighted by molar-refractivity contribution is -0.129. The number of hydrogen-bond acceptors (Lipinski definition) is 7. The smallest absolute Gasteiger partial charge is 0.233 e. The van der Waals surface area contributed by atoms with E-state index >= 15 is 0 Å². The number of thioether (sulfide) groups is 1. The normalized spacial score (nSPS) is 18.0. The van der Waals surface area contributed by atoms with Crippen molar-refractivity contribution >= 4 is 17.7 Å². The summed E-state index contributed by atoms with van der Waals surface area (Å²) in [5.41, 5.74) is 1.10. The fourth-order valence-corrected chi connectivity index (χ4v) is 5.17. The van der Waals surface area contributed by atoms with Gasteiger partial charge in [0, 0.05) is 19.5 Å². The Morgan fingerprint density at radius 3 is 2.84 bits per heavy atom. The first-order valence-corrected chi connectivity index (χ1v) is 12.0. The second-order valence-electron chi connectivity index (χ2n) is 7.82. The molecule has 1 unspecified atom stereocenters. The molecule has 1 fully saturated rings. The SMILES string of the molecule is CCn1c(SCC(=O)N2CCCC2c2ccc3c(c2)OCCCO3)nnc1-c1ccco1. The fraction of sp³-hybridized carbons (Fsp3) is 0.435. The number of nitrogens with zero attached hydrogens (tertiary/aromatic N) is 4. The van der Waals surface area contributed by atoms with Crippen molar-refractivity contribution in [2.75, 3.05) is 25.5 Å². The number of hydrogen-bond donors (Lipinski definition) is 0. The van der Waals surface area contributed by atoms with Crippen molar-refractivity contribution < 1.29 is 18.7 Å². The molecule has 2 aliphatic heterocycles. The van der Waals surface area contributed by atoms with Gasteiger partial charge in [-0.25, -0.2) is 0 Å². The van der Waals surface area contributed by atoms with Gasteiger partial charge < -0.3 is 18.8 Å². The maximum atomic E-state index is 13.2. The van der Waals surface area contributed by atoms with Crippen LogP contribution in [-0.4, -0.2) is 51.1 Å². The van der Waals surface area contributed by atoms with Gasteiger partial charge in [-0.15, -0.1) is 10.2 Å². The van der Waals surface area contributed by atoms with Crippen LogP contribution in [-0.2, 0) is 11.3 Å². The molecule has 2 aromatic heterocycles. The molecule has 9 heteroatoms. The van der Waals surface area contributed by atoms with Crippen LogP contribution in [0, 0.1) is 0 Å². The number of carbonyl (C=O) groups is 1. The monoisotopic (exact) mass is 454 g/mol. The second-order valence-corrected chi connectivity index (χ2v) is 8.76. The highest BCUT2D eigenvalue weighted by Gasteiger charge is 2.31. The van der Waals surface area contributed by atoms with E-state index < -0.39 is 0 Å². The van der Waals surface area contributed by atoms with Crippen LogP contribution >= 0.6 is 11.8 Å². The molecule has 8 nitrogen and oxygen atoms in total.